The number of sulfone groups is 1. The largest absolute Gasteiger partial charge is 0.495 e. The van der Waals surface area contributed by atoms with E-state index in [1.54, 1.807) is 12.1 Å². The molecule has 0 aliphatic rings. The zero-order chi connectivity index (χ0) is 20.6. The molecule has 148 valence electrons. The molecule has 0 saturated heterocycles. The molecule has 2 aromatic carbocycles. The molecular formula is C18H14ClF2NO5S. The Labute approximate surface area is 164 Å². The molecule has 1 N–H and O–H groups in total. The normalized spacial score (nSPS) is 11.6. The lowest BCUT2D eigenvalue weighted by atomic mass is 9.98. The van der Waals surface area contributed by atoms with Gasteiger partial charge in [-0.3, -0.25) is 0 Å². The lowest BCUT2D eigenvalue weighted by Gasteiger charge is -2.09. The molecule has 0 radical (unpaired) electrons. The topological polar surface area (TPSA) is 89.6 Å². The van der Waals surface area contributed by atoms with E-state index in [-0.39, 0.29) is 27.6 Å². The highest BCUT2D eigenvalue weighted by atomic mass is 35.5. The van der Waals surface area contributed by atoms with E-state index in [4.69, 9.17) is 20.9 Å². The SMILES string of the molecule is COc1ccc(-c2noc(CO)c2-c2ccc(S(C)(=O)=O)c(F)c2F)cc1Cl. The summed E-state index contributed by atoms with van der Waals surface area (Å²) in [6.07, 6.45) is 0.772. The number of rotatable bonds is 5. The maximum absolute atomic E-state index is 14.7. The van der Waals surface area contributed by atoms with Gasteiger partial charge in [0, 0.05) is 17.4 Å². The number of benzene rings is 2. The maximum Gasteiger partial charge on any atom is 0.178 e. The number of aromatic nitrogens is 1. The maximum atomic E-state index is 14.7. The first kappa shape index (κ1) is 20.2. The molecule has 0 saturated carbocycles. The van der Waals surface area contributed by atoms with Gasteiger partial charge in [0.25, 0.3) is 0 Å². The summed E-state index contributed by atoms with van der Waals surface area (Å²) in [6, 6.07) is 6.66. The second kappa shape index (κ2) is 7.50. The van der Waals surface area contributed by atoms with Gasteiger partial charge in [-0.05, 0) is 30.3 Å². The molecule has 3 aromatic rings. The number of aliphatic hydroxyl groups excluding tert-OH is 1. The van der Waals surface area contributed by atoms with Crippen molar-refractivity contribution in [2.24, 2.45) is 0 Å². The minimum atomic E-state index is -3.97. The molecule has 0 bridgehead atoms. The Morgan fingerprint density at radius 1 is 1.21 bits per heavy atom. The summed E-state index contributed by atoms with van der Waals surface area (Å²) in [6.45, 7) is -0.638. The Morgan fingerprint density at radius 3 is 2.50 bits per heavy atom. The molecule has 6 nitrogen and oxygen atoms in total. The van der Waals surface area contributed by atoms with Gasteiger partial charge in [0.1, 0.15) is 22.9 Å². The molecule has 10 heteroatoms. The second-order valence-corrected chi connectivity index (χ2v) is 8.24. The Kier molecular flexibility index (Phi) is 5.42. The molecule has 3 rings (SSSR count). The van der Waals surface area contributed by atoms with E-state index in [2.05, 4.69) is 5.16 Å². The number of methoxy groups -OCH3 is 1. The van der Waals surface area contributed by atoms with E-state index in [1.807, 2.05) is 0 Å². The van der Waals surface area contributed by atoms with Crippen molar-refractivity contribution in [2.45, 2.75) is 11.5 Å². The van der Waals surface area contributed by atoms with Gasteiger partial charge in [0.2, 0.25) is 0 Å². The van der Waals surface area contributed by atoms with Crippen molar-refractivity contribution in [3.05, 3.63) is 52.7 Å². The number of aliphatic hydroxyl groups is 1. The Balaban J connectivity index is 2.25. The van der Waals surface area contributed by atoms with Gasteiger partial charge < -0.3 is 14.4 Å². The van der Waals surface area contributed by atoms with Crippen LogP contribution in [0.25, 0.3) is 22.4 Å². The van der Waals surface area contributed by atoms with Gasteiger partial charge >= 0.3 is 0 Å². The zero-order valence-corrected chi connectivity index (χ0v) is 16.2. The van der Waals surface area contributed by atoms with Crippen molar-refractivity contribution in [2.75, 3.05) is 13.4 Å². The molecule has 0 aliphatic heterocycles. The van der Waals surface area contributed by atoms with Crippen LogP contribution in [-0.4, -0.2) is 32.0 Å². The van der Waals surface area contributed by atoms with Gasteiger partial charge in [-0.1, -0.05) is 16.8 Å². The van der Waals surface area contributed by atoms with Crippen molar-refractivity contribution < 1.29 is 31.6 Å². The van der Waals surface area contributed by atoms with Gasteiger partial charge in [-0.15, -0.1) is 0 Å². The van der Waals surface area contributed by atoms with Gasteiger partial charge in [0.15, 0.2) is 27.2 Å². The first-order chi connectivity index (χ1) is 13.2. The molecule has 0 unspecified atom stereocenters. The predicted octanol–water partition coefficient (Wildman–Crippen LogP) is 3.84. The summed E-state index contributed by atoms with van der Waals surface area (Å²) in [5.41, 5.74) is 0.174. The first-order valence-electron chi connectivity index (χ1n) is 7.80. The van der Waals surface area contributed by atoms with E-state index >= 15 is 0 Å². The van der Waals surface area contributed by atoms with Crippen LogP contribution >= 0.6 is 11.6 Å². The summed E-state index contributed by atoms with van der Waals surface area (Å²) in [4.78, 5) is -0.773. The number of ether oxygens (including phenoxy) is 1. The van der Waals surface area contributed by atoms with Crippen LogP contribution in [0.4, 0.5) is 8.78 Å². The van der Waals surface area contributed by atoms with Crippen LogP contribution < -0.4 is 4.74 Å². The Bertz CT molecular complexity index is 1160. The summed E-state index contributed by atoms with van der Waals surface area (Å²) in [5, 5.41) is 13.6. The van der Waals surface area contributed by atoms with Crippen LogP contribution in [-0.2, 0) is 16.4 Å². The molecule has 0 fully saturated rings. The third-order valence-corrected chi connectivity index (χ3v) is 5.46. The van der Waals surface area contributed by atoms with Crippen molar-refractivity contribution in [3.63, 3.8) is 0 Å². The number of hydrogen-bond donors (Lipinski definition) is 1. The average molecular weight is 430 g/mol. The fourth-order valence-corrected chi connectivity index (χ4v) is 3.72. The lowest BCUT2D eigenvalue weighted by molar-refractivity contribution is 0.230. The molecule has 1 aromatic heterocycles. The minimum Gasteiger partial charge on any atom is -0.495 e. The molecule has 1 heterocycles. The van der Waals surface area contributed by atoms with E-state index in [9.17, 15) is 22.3 Å². The van der Waals surface area contributed by atoms with E-state index in [0.29, 0.717) is 11.3 Å². The second-order valence-electron chi connectivity index (χ2n) is 5.85. The van der Waals surface area contributed by atoms with E-state index in [0.717, 1.165) is 18.4 Å². The van der Waals surface area contributed by atoms with Crippen LogP contribution in [0.3, 0.4) is 0 Å². The number of nitrogens with zero attached hydrogens (tertiary/aromatic N) is 1. The average Bonchev–Trinajstić information content (AvgIpc) is 3.06. The highest BCUT2D eigenvalue weighted by Gasteiger charge is 2.27. The predicted molar refractivity (Wildman–Crippen MR) is 97.9 cm³/mol. The highest BCUT2D eigenvalue weighted by molar-refractivity contribution is 7.90. The summed E-state index contributed by atoms with van der Waals surface area (Å²) < 4.78 is 62.5. The monoisotopic (exact) mass is 429 g/mol. The van der Waals surface area contributed by atoms with Crippen LogP contribution in [0, 0.1) is 11.6 Å². The highest BCUT2D eigenvalue weighted by Crippen LogP contribution is 2.39. The van der Waals surface area contributed by atoms with E-state index in [1.165, 1.54) is 13.2 Å². The molecular weight excluding hydrogens is 416 g/mol. The van der Waals surface area contributed by atoms with Crippen LogP contribution in [0.1, 0.15) is 5.76 Å². The third kappa shape index (κ3) is 3.48. The summed E-state index contributed by atoms with van der Waals surface area (Å²) >= 11 is 6.11. The standard InChI is InChI=1S/C18H14ClF2NO5S/c1-26-12-5-3-9(7-11(12)19)18-15(13(8-23)27-22-18)10-4-6-14(28(2,24)25)17(21)16(10)20/h3-7,23H,8H2,1-2H3. The fraction of sp³-hybridized carbons (Fsp3) is 0.167. The van der Waals surface area contributed by atoms with Gasteiger partial charge in [0.05, 0.1) is 17.7 Å². The fourth-order valence-electron chi connectivity index (χ4n) is 2.73. The molecule has 28 heavy (non-hydrogen) atoms. The Hall–Kier alpha value is -2.49. The van der Waals surface area contributed by atoms with Crippen molar-refractivity contribution in [1.29, 1.82) is 0 Å². The quantitative estimate of drug-likeness (QED) is 0.662. The van der Waals surface area contributed by atoms with Crippen molar-refractivity contribution in [3.8, 4) is 28.1 Å². The smallest absolute Gasteiger partial charge is 0.178 e. The zero-order valence-electron chi connectivity index (χ0n) is 14.7. The molecule has 0 spiro atoms. The summed E-state index contributed by atoms with van der Waals surface area (Å²) in [7, 11) is -2.53. The van der Waals surface area contributed by atoms with Crippen molar-refractivity contribution >= 4 is 21.4 Å². The number of halogens is 3. The lowest BCUT2D eigenvalue weighted by Crippen LogP contribution is -2.04. The van der Waals surface area contributed by atoms with Crippen LogP contribution in [0.2, 0.25) is 5.02 Å². The number of hydrogen-bond acceptors (Lipinski definition) is 6. The minimum absolute atomic E-state index is 0.0137. The van der Waals surface area contributed by atoms with E-state index < -0.39 is 33.0 Å². The third-order valence-electron chi connectivity index (χ3n) is 4.05. The molecule has 0 atom stereocenters. The van der Waals surface area contributed by atoms with Gasteiger partial charge in [-0.2, -0.15) is 0 Å². The summed E-state index contributed by atoms with van der Waals surface area (Å²) in [5.74, 6) is -2.65. The van der Waals surface area contributed by atoms with Crippen LogP contribution in [0.15, 0.2) is 39.8 Å². The van der Waals surface area contributed by atoms with Crippen molar-refractivity contribution in [1.82, 2.24) is 5.16 Å². The Morgan fingerprint density at radius 2 is 1.93 bits per heavy atom. The molecule has 0 amide bonds. The first-order valence-corrected chi connectivity index (χ1v) is 10.1. The van der Waals surface area contributed by atoms with Gasteiger partial charge in [-0.25, -0.2) is 17.2 Å². The molecule has 0 aliphatic carbocycles. The van der Waals surface area contributed by atoms with Crippen LogP contribution in [0.5, 0.6) is 5.75 Å².